The fourth-order valence-corrected chi connectivity index (χ4v) is 5.39. The number of ketones is 3. The van der Waals surface area contributed by atoms with Crippen molar-refractivity contribution in [3.8, 4) is 0 Å². The summed E-state index contributed by atoms with van der Waals surface area (Å²) in [5.74, 6) is -0.673. The molecular weight excluding hydrogens is 396 g/mol. The van der Waals surface area contributed by atoms with Crippen molar-refractivity contribution in [2.45, 2.75) is 89.9 Å². The van der Waals surface area contributed by atoms with Gasteiger partial charge in [-0.15, -0.1) is 0 Å². The molecule has 0 saturated heterocycles. The van der Waals surface area contributed by atoms with Crippen LogP contribution in [0.3, 0.4) is 0 Å². The Bertz CT molecular complexity index is 1070. The first-order chi connectivity index (χ1) is 15.0. The van der Waals surface area contributed by atoms with Gasteiger partial charge in [0.15, 0.2) is 5.78 Å². The van der Waals surface area contributed by atoms with Crippen LogP contribution < -0.4 is 0 Å². The van der Waals surface area contributed by atoms with Crippen LogP contribution in [0.2, 0.25) is 0 Å². The second-order valence-corrected chi connectivity index (χ2v) is 11.0. The van der Waals surface area contributed by atoms with Gasteiger partial charge in [0.2, 0.25) is 0 Å². The van der Waals surface area contributed by atoms with Crippen LogP contribution in [0.5, 0.6) is 0 Å². The molecule has 2 aromatic rings. The molecule has 0 aliphatic heterocycles. The molecule has 3 nitrogen and oxygen atoms in total. The van der Waals surface area contributed by atoms with Gasteiger partial charge in [0.05, 0.1) is 0 Å². The van der Waals surface area contributed by atoms with E-state index in [1.54, 1.807) is 24.3 Å². The Morgan fingerprint density at radius 3 is 1.84 bits per heavy atom. The van der Waals surface area contributed by atoms with E-state index in [0.29, 0.717) is 24.0 Å². The van der Waals surface area contributed by atoms with E-state index in [1.807, 2.05) is 6.92 Å². The van der Waals surface area contributed by atoms with E-state index in [-0.39, 0.29) is 28.2 Å². The summed E-state index contributed by atoms with van der Waals surface area (Å²) in [6.45, 7) is 11.1. The number of hydrogen-bond acceptors (Lipinski definition) is 3. The molecule has 0 aromatic heterocycles. The zero-order chi connectivity index (χ0) is 23.3. The van der Waals surface area contributed by atoms with E-state index < -0.39 is 5.92 Å². The number of benzene rings is 2. The van der Waals surface area contributed by atoms with E-state index in [9.17, 15) is 14.4 Å². The molecule has 0 spiro atoms. The van der Waals surface area contributed by atoms with Gasteiger partial charge in [-0.1, -0.05) is 58.0 Å². The van der Waals surface area contributed by atoms with Crippen LogP contribution in [0.4, 0.5) is 0 Å². The molecule has 1 fully saturated rings. The molecule has 4 rings (SSSR count). The van der Waals surface area contributed by atoms with Crippen LogP contribution in [0.25, 0.3) is 0 Å². The Morgan fingerprint density at radius 2 is 1.31 bits per heavy atom. The lowest BCUT2D eigenvalue weighted by molar-refractivity contribution is -0.128. The van der Waals surface area contributed by atoms with Gasteiger partial charge in [-0.25, -0.2) is 0 Å². The zero-order valence-electron chi connectivity index (χ0n) is 20.0. The van der Waals surface area contributed by atoms with Gasteiger partial charge in [-0.2, -0.15) is 0 Å². The number of hydrogen-bond donors (Lipinski definition) is 0. The van der Waals surface area contributed by atoms with Crippen molar-refractivity contribution in [1.82, 2.24) is 0 Å². The quantitative estimate of drug-likeness (QED) is 0.323. The van der Waals surface area contributed by atoms with Gasteiger partial charge >= 0.3 is 0 Å². The number of rotatable bonds is 3. The molecule has 32 heavy (non-hydrogen) atoms. The second-order valence-electron chi connectivity index (χ2n) is 11.0. The van der Waals surface area contributed by atoms with Crippen LogP contribution in [-0.2, 0) is 20.4 Å². The average Bonchev–Trinajstić information content (AvgIpc) is 2.91. The predicted octanol–water partition coefficient (Wildman–Crippen LogP) is 6.37. The third kappa shape index (κ3) is 3.98. The van der Waals surface area contributed by atoms with Crippen molar-refractivity contribution in [1.29, 1.82) is 0 Å². The second kappa shape index (κ2) is 8.10. The van der Waals surface area contributed by atoms with Gasteiger partial charge < -0.3 is 0 Å². The van der Waals surface area contributed by atoms with Crippen LogP contribution in [-0.4, -0.2) is 17.3 Å². The lowest BCUT2D eigenvalue weighted by Crippen LogP contribution is -2.34. The molecule has 1 saturated carbocycles. The summed E-state index contributed by atoms with van der Waals surface area (Å²) in [4.78, 5) is 38.4. The molecular formula is C29H34O3. The molecule has 0 heterocycles. The maximum Gasteiger partial charge on any atom is 0.193 e. The molecule has 0 unspecified atom stereocenters. The van der Waals surface area contributed by atoms with Crippen molar-refractivity contribution in [2.24, 2.45) is 0 Å². The lowest BCUT2D eigenvalue weighted by Gasteiger charge is -2.42. The molecule has 0 atom stereocenters. The highest BCUT2D eigenvalue weighted by Gasteiger charge is 2.38. The van der Waals surface area contributed by atoms with E-state index in [2.05, 4.69) is 39.8 Å². The molecule has 0 amide bonds. The molecule has 2 aromatic carbocycles. The topological polar surface area (TPSA) is 51.2 Å². The highest BCUT2D eigenvalue weighted by atomic mass is 16.2. The van der Waals surface area contributed by atoms with Crippen molar-refractivity contribution in [2.75, 3.05) is 0 Å². The minimum absolute atomic E-state index is 0.00181. The first-order valence-corrected chi connectivity index (χ1v) is 11.9. The highest BCUT2D eigenvalue weighted by molar-refractivity contribution is 6.11. The fourth-order valence-electron chi connectivity index (χ4n) is 5.39. The molecule has 3 heteroatoms. The summed E-state index contributed by atoms with van der Waals surface area (Å²) in [6.07, 6.45) is 4.71. The number of fused-ring (bicyclic) bond motifs is 1. The van der Waals surface area contributed by atoms with E-state index in [4.69, 9.17) is 0 Å². The van der Waals surface area contributed by atoms with Gasteiger partial charge in [-0.3, -0.25) is 14.4 Å². The predicted molar refractivity (Wildman–Crippen MR) is 128 cm³/mol. The fraction of sp³-hybridized carbons (Fsp3) is 0.483. The molecule has 168 valence electrons. The molecule has 0 N–H and O–H groups in total. The Balaban J connectivity index is 1.68. The number of aryl methyl sites for hydroxylation is 1. The van der Waals surface area contributed by atoms with Gasteiger partial charge in [0.1, 0.15) is 17.5 Å². The minimum Gasteiger partial charge on any atom is -0.299 e. The number of Topliss-reactive ketones (excluding diaryl/α,β-unsaturated/α-hetero) is 2. The van der Waals surface area contributed by atoms with E-state index in [0.717, 1.165) is 36.8 Å². The van der Waals surface area contributed by atoms with Crippen molar-refractivity contribution in [3.05, 3.63) is 69.8 Å². The number of carbonyl (C=O) groups is 3. The smallest absolute Gasteiger partial charge is 0.193 e. The van der Waals surface area contributed by atoms with Crippen LogP contribution in [0.15, 0.2) is 36.4 Å². The average molecular weight is 431 g/mol. The van der Waals surface area contributed by atoms with Crippen molar-refractivity contribution < 1.29 is 14.4 Å². The monoisotopic (exact) mass is 430 g/mol. The third-order valence-corrected chi connectivity index (χ3v) is 7.69. The molecule has 2 aliphatic rings. The molecule has 0 radical (unpaired) electrons. The van der Waals surface area contributed by atoms with Crippen molar-refractivity contribution >= 4 is 17.3 Å². The van der Waals surface area contributed by atoms with Gasteiger partial charge in [0, 0.05) is 24.0 Å². The summed E-state index contributed by atoms with van der Waals surface area (Å²) in [5.41, 5.74) is 5.81. The van der Waals surface area contributed by atoms with E-state index >= 15 is 0 Å². The molecule has 0 bridgehead atoms. The first-order valence-electron chi connectivity index (χ1n) is 11.9. The van der Waals surface area contributed by atoms with Gasteiger partial charge in [0.25, 0.3) is 0 Å². The Kier molecular flexibility index (Phi) is 5.73. The lowest BCUT2D eigenvalue weighted by atomic mass is 9.62. The van der Waals surface area contributed by atoms with Crippen LogP contribution in [0.1, 0.15) is 110 Å². The van der Waals surface area contributed by atoms with Crippen molar-refractivity contribution in [3.63, 3.8) is 0 Å². The first kappa shape index (κ1) is 22.6. The van der Waals surface area contributed by atoms with Crippen LogP contribution in [0, 0.1) is 6.92 Å². The third-order valence-electron chi connectivity index (χ3n) is 7.69. The zero-order valence-corrected chi connectivity index (χ0v) is 20.0. The summed E-state index contributed by atoms with van der Waals surface area (Å²) < 4.78 is 0. The summed E-state index contributed by atoms with van der Waals surface area (Å²) in [5, 5.41) is 0. The largest absolute Gasteiger partial charge is 0.299 e. The number of carbonyl (C=O) groups excluding carboxylic acids is 3. The maximum absolute atomic E-state index is 13.5. The highest BCUT2D eigenvalue weighted by Crippen LogP contribution is 2.46. The normalized spacial score (nSPS) is 20.5. The minimum atomic E-state index is -0.671. The van der Waals surface area contributed by atoms with E-state index in [1.165, 1.54) is 11.1 Å². The maximum atomic E-state index is 13.5. The summed E-state index contributed by atoms with van der Waals surface area (Å²) in [7, 11) is 0. The van der Waals surface area contributed by atoms with Gasteiger partial charge in [-0.05, 0) is 71.8 Å². The Hall–Kier alpha value is -2.55. The summed E-state index contributed by atoms with van der Waals surface area (Å²) >= 11 is 0. The van der Waals surface area contributed by atoms with Crippen LogP contribution >= 0.6 is 0 Å². The standard InChI is InChI=1S/C29H34O3/c1-18-16-22-23(29(4,5)15-14-28(22,2)3)17-21(18)27(32)20-12-10-19(11-13-20)26-24(30)8-6-7-9-25(26)31/h10-13,16-17,26H,6-9,14-15H2,1-5H3. The Labute approximate surface area is 191 Å². The SMILES string of the molecule is Cc1cc2c(cc1C(=O)c1ccc(C3C(=O)CCCCC3=O)cc1)C(C)(C)CCC2(C)C. The molecule has 2 aliphatic carbocycles. The summed E-state index contributed by atoms with van der Waals surface area (Å²) in [6, 6.07) is 11.5. The Morgan fingerprint density at radius 1 is 0.812 bits per heavy atom.